The molecule has 0 bridgehead atoms. The molecule has 11 nitrogen and oxygen atoms in total. The number of aromatic nitrogens is 5. The van der Waals surface area contributed by atoms with Crippen molar-refractivity contribution in [3.05, 3.63) is 120 Å². The quantitative estimate of drug-likeness (QED) is 0.0902. The molecule has 0 spiro atoms. The second-order valence-corrected chi connectivity index (χ2v) is 14.0. The van der Waals surface area contributed by atoms with Crippen LogP contribution < -0.4 is 14.2 Å². The third-order valence-electron chi connectivity index (χ3n) is 10.4. The van der Waals surface area contributed by atoms with Gasteiger partial charge in [0.05, 0.1) is 49.5 Å². The first-order chi connectivity index (χ1) is 27.4. The van der Waals surface area contributed by atoms with Crippen LogP contribution in [0.4, 0.5) is 0 Å². The molecule has 7 aromatic rings. The molecule has 1 aliphatic heterocycles. The van der Waals surface area contributed by atoms with E-state index in [-0.39, 0.29) is 19.2 Å². The summed E-state index contributed by atoms with van der Waals surface area (Å²) in [4.78, 5) is 25.4. The molecule has 0 aliphatic carbocycles. The Balaban J connectivity index is 1.15. The lowest BCUT2D eigenvalue weighted by atomic mass is 9.97. The molecule has 0 saturated heterocycles. The average molecular weight is 751 g/mol. The monoisotopic (exact) mass is 750 g/mol. The Morgan fingerprint density at radius 1 is 0.821 bits per heavy atom. The molecule has 0 atom stereocenters. The van der Waals surface area contributed by atoms with E-state index in [2.05, 4.69) is 62.9 Å². The molecular weight excluding hydrogens is 705 g/mol. The van der Waals surface area contributed by atoms with E-state index < -0.39 is 0 Å². The van der Waals surface area contributed by atoms with Crippen LogP contribution in [-0.2, 0) is 37.9 Å². The summed E-state index contributed by atoms with van der Waals surface area (Å²) >= 11 is 0. The van der Waals surface area contributed by atoms with Crippen LogP contribution in [0, 0.1) is 0 Å². The molecule has 0 fully saturated rings. The lowest BCUT2D eigenvalue weighted by Gasteiger charge is -2.22. The molecule has 8 rings (SSSR count). The lowest BCUT2D eigenvalue weighted by Crippen LogP contribution is -2.24. The third kappa shape index (κ3) is 7.17. The number of carbonyl (C=O) groups is 1. The van der Waals surface area contributed by atoms with Crippen LogP contribution in [0.1, 0.15) is 47.2 Å². The molecule has 4 aromatic carbocycles. The van der Waals surface area contributed by atoms with Crippen molar-refractivity contribution in [2.45, 2.75) is 45.9 Å². The van der Waals surface area contributed by atoms with Crippen molar-refractivity contribution >= 4 is 27.6 Å². The average Bonchev–Trinajstić information content (AvgIpc) is 3.71. The first-order valence-electron chi connectivity index (χ1n) is 19.2. The van der Waals surface area contributed by atoms with Crippen LogP contribution in [-0.4, -0.2) is 69.1 Å². The van der Waals surface area contributed by atoms with Gasteiger partial charge in [-0.3, -0.25) is 4.68 Å². The van der Waals surface area contributed by atoms with Crippen LogP contribution in [0.3, 0.4) is 0 Å². The van der Waals surface area contributed by atoms with Crippen molar-refractivity contribution in [2.24, 2.45) is 7.05 Å². The van der Waals surface area contributed by atoms with Gasteiger partial charge >= 0.3 is 5.97 Å². The Labute approximate surface area is 326 Å². The summed E-state index contributed by atoms with van der Waals surface area (Å²) in [6.45, 7) is 5.05. The number of carbonyl (C=O) groups excluding carboxylic acids is 1. The standard InChI is InChI=1S/C45H46N6O5/c1-5-54-45(52)43-34(20-12-25-55-40-22-10-15-30-14-6-7-16-32(30)40)33-18-11-19-36-41-37(48-50(3)38(41)28-49(2)23-13-24-51(43)42(33)36)29-56-31-26-46-44(47-27-31)35-17-8-9-21-39(35)53-4/h6-11,14-19,21-22,26-27H,5,12-13,20,23-25,28-29H2,1-4H3. The van der Waals surface area contributed by atoms with Crippen LogP contribution >= 0.6 is 0 Å². The van der Waals surface area contributed by atoms with Crippen molar-refractivity contribution in [3.8, 4) is 39.8 Å². The minimum atomic E-state index is -0.309. The van der Waals surface area contributed by atoms with Gasteiger partial charge in [-0.25, -0.2) is 14.8 Å². The summed E-state index contributed by atoms with van der Waals surface area (Å²) in [5, 5.41) is 8.29. The Hall–Kier alpha value is -6.20. The molecule has 0 unspecified atom stereocenters. The smallest absolute Gasteiger partial charge is 0.355 e. The topological polar surface area (TPSA) is 106 Å². The van der Waals surface area contributed by atoms with Crippen molar-refractivity contribution in [2.75, 3.05) is 33.9 Å². The minimum absolute atomic E-state index is 0.199. The van der Waals surface area contributed by atoms with Crippen LogP contribution in [0.25, 0.3) is 44.2 Å². The maximum atomic E-state index is 14.0. The Bertz CT molecular complexity index is 2500. The number of esters is 1. The van der Waals surface area contributed by atoms with E-state index in [1.165, 1.54) is 0 Å². The van der Waals surface area contributed by atoms with Gasteiger partial charge < -0.3 is 28.4 Å². The number of hydrogen-bond donors (Lipinski definition) is 0. The van der Waals surface area contributed by atoms with E-state index >= 15 is 0 Å². The van der Waals surface area contributed by atoms with Gasteiger partial charge in [0.25, 0.3) is 0 Å². The number of hydrogen-bond acceptors (Lipinski definition) is 9. The molecule has 4 heterocycles. The highest BCUT2D eigenvalue weighted by Gasteiger charge is 2.29. The summed E-state index contributed by atoms with van der Waals surface area (Å²) in [5.74, 6) is 2.33. The Kier molecular flexibility index (Phi) is 10.7. The zero-order valence-corrected chi connectivity index (χ0v) is 32.3. The van der Waals surface area contributed by atoms with Gasteiger partial charge in [-0.05, 0) is 68.9 Å². The van der Waals surface area contributed by atoms with Gasteiger partial charge in [-0.1, -0.05) is 66.7 Å². The Morgan fingerprint density at radius 2 is 1.55 bits per heavy atom. The van der Waals surface area contributed by atoms with Gasteiger partial charge in [0.15, 0.2) is 11.6 Å². The highest BCUT2D eigenvalue weighted by atomic mass is 16.5. The van der Waals surface area contributed by atoms with Gasteiger partial charge in [0.2, 0.25) is 0 Å². The van der Waals surface area contributed by atoms with E-state index in [9.17, 15) is 4.79 Å². The molecule has 3 aromatic heterocycles. The minimum Gasteiger partial charge on any atom is -0.496 e. The van der Waals surface area contributed by atoms with Crippen molar-refractivity contribution in [1.29, 1.82) is 0 Å². The third-order valence-corrected chi connectivity index (χ3v) is 10.4. The highest BCUT2D eigenvalue weighted by Crippen LogP contribution is 2.40. The number of para-hydroxylation sites is 2. The largest absolute Gasteiger partial charge is 0.496 e. The molecular formula is C45H46N6O5. The second kappa shape index (κ2) is 16.3. The fourth-order valence-corrected chi connectivity index (χ4v) is 7.90. The molecule has 0 saturated carbocycles. The Morgan fingerprint density at radius 3 is 2.39 bits per heavy atom. The first kappa shape index (κ1) is 36.8. The fraction of sp³-hybridized carbons (Fsp3) is 0.289. The van der Waals surface area contributed by atoms with Gasteiger partial charge in [-0.2, -0.15) is 5.10 Å². The molecule has 56 heavy (non-hydrogen) atoms. The van der Waals surface area contributed by atoms with Gasteiger partial charge in [-0.15, -0.1) is 0 Å². The normalized spacial score (nSPS) is 13.1. The predicted molar refractivity (Wildman–Crippen MR) is 217 cm³/mol. The fourth-order valence-electron chi connectivity index (χ4n) is 7.90. The molecule has 0 amide bonds. The molecule has 0 radical (unpaired) electrons. The summed E-state index contributed by atoms with van der Waals surface area (Å²) in [7, 11) is 5.74. The zero-order valence-electron chi connectivity index (χ0n) is 32.3. The van der Waals surface area contributed by atoms with Crippen molar-refractivity contribution < 1.29 is 23.7 Å². The summed E-state index contributed by atoms with van der Waals surface area (Å²) < 4.78 is 28.1. The summed E-state index contributed by atoms with van der Waals surface area (Å²) in [6.07, 6.45) is 5.58. The predicted octanol–water partition coefficient (Wildman–Crippen LogP) is 8.26. The highest BCUT2D eigenvalue weighted by molar-refractivity contribution is 6.05. The number of benzene rings is 4. The molecule has 1 aliphatic rings. The maximum Gasteiger partial charge on any atom is 0.355 e. The number of nitrogens with zero attached hydrogens (tertiary/aromatic N) is 6. The second-order valence-electron chi connectivity index (χ2n) is 14.0. The van der Waals surface area contributed by atoms with E-state index in [0.29, 0.717) is 49.1 Å². The SMILES string of the molecule is CCOC(=O)c1c(CCCOc2cccc3ccccc23)c2cccc3c2n1CCCN(C)Cc1c-3c(COc2cnc(-c3ccccc3OC)nc2)nn1C. The van der Waals surface area contributed by atoms with Gasteiger partial charge in [0.1, 0.15) is 29.5 Å². The molecule has 0 N–H and O–H groups in total. The number of fused-ring (bicyclic) bond motifs is 3. The van der Waals surface area contributed by atoms with Crippen molar-refractivity contribution in [1.82, 2.24) is 29.2 Å². The first-order valence-corrected chi connectivity index (χ1v) is 19.2. The number of methoxy groups -OCH3 is 1. The number of rotatable bonds is 12. The lowest BCUT2D eigenvalue weighted by molar-refractivity contribution is 0.0512. The van der Waals surface area contributed by atoms with E-state index in [4.69, 9.17) is 24.0 Å². The summed E-state index contributed by atoms with van der Waals surface area (Å²) in [5.41, 5.74) is 7.25. The van der Waals surface area contributed by atoms with Crippen LogP contribution in [0.15, 0.2) is 97.3 Å². The number of ether oxygens (including phenoxy) is 4. The van der Waals surface area contributed by atoms with Gasteiger partial charge in [0, 0.05) is 42.0 Å². The van der Waals surface area contributed by atoms with Crippen LogP contribution in [0.5, 0.6) is 17.2 Å². The van der Waals surface area contributed by atoms with E-state index in [0.717, 1.165) is 80.5 Å². The zero-order chi connectivity index (χ0) is 38.6. The maximum absolute atomic E-state index is 14.0. The summed E-state index contributed by atoms with van der Waals surface area (Å²) in [6, 6.07) is 28.4. The molecule has 286 valence electrons. The van der Waals surface area contributed by atoms with E-state index in [1.54, 1.807) is 19.5 Å². The van der Waals surface area contributed by atoms with Crippen LogP contribution in [0.2, 0.25) is 0 Å². The number of aryl methyl sites for hydroxylation is 3. The van der Waals surface area contributed by atoms with Crippen molar-refractivity contribution in [3.63, 3.8) is 0 Å². The van der Waals surface area contributed by atoms with E-state index in [1.807, 2.05) is 67.2 Å². The molecule has 11 heteroatoms.